The molecule has 0 spiro atoms. The van der Waals surface area contributed by atoms with Gasteiger partial charge in [0.25, 0.3) is 0 Å². The summed E-state index contributed by atoms with van der Waals surface area (Å²) in [4.78, 5) is 43.8. The van der Waals surface area contributed by atoms with Gasteiger partial charge in [0.05, 0.1) is 5.92 Å². The average Bonchev–Trinajstić information content (AvgIpc) is 3.23. The predicted octanol–water partition coefficient (Wildman–Crippen LogP) is 3.57. The number of hydrogen-bond acceptors (Lipinski definition) is 6. The number of aromatic nitrogens is 2. The fraction of sp³-hybridized carbons (Fsp3) is 0.577. The van der Waals surface area contributed by atoms with Crippen LogP contribution < -0.4 is 10.6 Å². The Morgan fingerprint density at radius 1 is 1.09 bits per heavy atom. The SMILES string of the molecule is CC(=O)NC1(c2noc(CCC(=O)N3CCCC(C(=O)Nc4ccccc4)C3)n2)CCCCCC1. The zero-order chi connectivity index (χ0) is 24.7. The molecule has 4 rings (SSSR count). The van der Waals surface area contributed by atoms with Gasteiger partial charge in [-0.2, -0.15) is 4.98 Å². The Bertz CT molecular complexity index is 1010. The summed E-state index contributed by atoms with van der Waals surface area (Å²) < 4.78 is 5.48. The highest BCUT2D eigenvalue weighted by atomic mass is 16.5. The van der Waals surface area contributed by atoms with E-state index in [1.54, 1.807) is 4.90 Å². The fourth-order valence-corrected chi connectivity index (χ4v) is 5.18. The standard InChI is InChI=1S/C26H35N5O4/c1-19(32)29-26(15-7-2-3-8-16-26)25-28-22(35-30-25)13-14-23(33)31-17-9-10-20(18-31)24(34)27-21-11-5-4-6-12-21/h4-6,11-12,20H,2-3,7-10,13-18H2,1H3,(H,27,34)(H,29,32). The van der Waals surface area contributed by atoms with E-state index in [2.05, 4.69) is 20.8 Å². The molecule has 0 bridgehead atoms. The first-order chi connectivity index (χ1) is 16.9. The highest BCUT2D eigenvalue weighted by Crippen LogP contribution is 2.34. The number of nitrogens with zero attached hydrogens (tertiary/aromatic N) is 3. The second-order valence-electron chi connectivity index (χ2n) is 9.72. The molecule has 2 aliphatic rings. The molecule has 2 aromatic rings. The van der Waals surface area contributed by atoms with Crippen LogP contribution in [0.1, 0.15) is 76.4 Å². The van der Waals surface area contributed by atoms with E-state index < -0.39 is 5.54 Å². The van der Waals surface area contributed by atoms with Gasteiger partial charge >= 0.3 is 0 Å². The third-order valence-electron chi connectivity index (χ3n) is 7.01. The molecule has 1 atom stereocenters. The molecular weight excluding hydrogens is 446 g/mol. The predicted molar refractivity (Wildman–Crippen MR) is 130 cm³/mol. The van der Waals surface area contributed by atoms with Crippen LogP contribution >= 0.6 is 0 Å². The number of piperidine rings is 1. The molecule has 2 N–H and O–H groups in total. The van der Waals surface area contributed by atoms with Crippen LogP contribution in [0.3, 0.4) is 0 Å². The van der Waals surface area contributed by atoms with Crippen molar-refractivity contribution in [3.05, 3.63) is 42.0 Å². The minimum atomic E-state index is -0.597. The quantitative estimate of drug-likeness (QED) is 0.584. The molecule has 9 heteroatoms. The largest absolute Gasteiger partial charge is 0.343 e. The normalized spacial score (nSPS) is 20.0. The van der Waals surface area contributed by atoms with Crippen LogP contribution in [-0.2, 0) is 26.3 Å². The Labute approximate surface area is 206 Å². The van der Waals surface area contributed by atoms with E-state index in [4.69, 9.17) is 4.52 Å². The molecule has 0 radical (unpaired) electrons. The number of carbonyl (C=O) groups excluding carboxylic acids is 3. The topological polar surface area (TPSA) is 117 Å². The maximum Gasteiger partial charge on any atom is 0.229 e. The third-order valence-corrected chi connectivity index (χ3v) is 7.01. The molecule has 1 saturated heterocycles. The number of aryl methyl sites for hydroxylation is 1. The molecule has 2 heterocycles. The van der Waals surface area contributed by atoms with Crippen molar-refractivity contribution in [2.24, 2.45) is 5.92 Å². The fourth-order valence-electron chi connectivity index (χ4n) is 5.18. The lowest BCUT2D eigenvalue weighted by atomic mass is 9.89. The molecule has 35 heavy (non-hydrogen) atoms. The Balaban J connectivity index is 1.33. The Hall–Kier alpha value is -3.23. The summed E-state index contributed by atoms with van der Waals surface area (Å²) in [6.45, 7) is 2.57. The molecular formula is C26H35N5O4. The first-order valence-corrected chi connectivity index (χ1v) is 12.7. The Morgan fingerprint density at radius 3 is 2.54 bits per heavy atom. The molecule has 1 aromatic carbocycles. The number of rotatable bonds is 7. The van der Waals surface area contributed by atoms with Gasteiger partial charge in [0.2, 0.25) is 23.6 Å². The van der Waals surface area contributed by atoms with E-state index in [9.17, 15) is 14.4 Å². The van der Waals surface area contributed by atoms with Crippen molar-refractivity contribution in [1.29, 1.82) is 0 Å². The van der Waals surface area contributed by atoms with Crippen LogP contribution in [0.4, 0.5) is 5.69 Å². The smallest absolute Gasteiger partial charge is 0.229 e. The Kier molecular flexibility index (Phi) is 8.15. The summed E-state index contributed by atoms with van der Waals surface area (Å²) in [7, 11) is 0. The van der Waals surface area contributed by atoms with Gasteiger partial charge in [-0.05, 0) is 37.8 Å². The monoisotopic (exact) mass is 481 g/mol. The van der Waals surface area contributed by atoms with Gasteiger partial charge in [-0.1, -0.05) is 49.0 Å². The van der Waals surface area contributed by atoms with Gasteiger partial charge in [-0.3, -0.25) is 14.4 Å². The second kappa shape index (κ2) is 11.5. The van der Waals surface area contributed by atoms with Crippen LogP contribution in [0.2, 0.25) is 0 Å². The molecule has 1 aliphatic heterocycles. The van der Waals surface area contributed by atoms with Crippen molar-refractivity contribution in [3.63, 3.8) is 0 Å². The van der Waals surface area contributed by atoms with Crippen molar-refractivity contribution in [2.75, 3.05) is 18.4 Å². The number of carbonyl (C=O) groups is 3. The number of likely N-dealkylation sites (tertiary alicyclic amines) is 1. The summed E-state index contributed by atoms with van der Waals surface area (Å²) in [6.07, 6.45) is 7.94. The van der Waals surface area contributed by atoms with Gasteiger partial charge in [-0.15, -0.1) is 0 Å². The highest BCUT2D eigenvalue weighted by molar-refractivity contribution is 5.93. The van der Waals surface area contributed by atoms with Crippen LogP contribution in [0, 0.1) is 5.92 Å². The van der Waals surface area contributed by atoms with Crippen LogP contribution in [-0.4, -0.2) is 45.9 Å². The summed E-state index contributed by atoms with van der Waals surface area (Å²) in [5, 5.41) is 10.2. The first kappa shape index (κ1) is 24.9. The zero-order valence-corrected chi connectivity index (χ0v) is 20.4. The van der Waals surface area contributed by atoms with Gasteiger partial charge < -0.3 is 20.1 Å². The van der Waals surface area contributed by atoms with E-state index in [0.717, 1.165) is 57.1 Å². The zero-order valence-electron chi connectivity index (χ0n) is 20.4. The molecule has 1 aliphatic carbocycles. The number of nitrogens with one attached hydrogen (secondary N) is 2. The first-order valence-electron chi connectivity index (χ1n) is 12.7. The number of amides is 3. The van der Waals surface area contributed by atoms with Crippen LogP contribution in [0.25, 0.3) is 0 Å². The van der Waals surface area contributed by atoms with E-state index in [1.807, 2.05) is 30.3 Å². The van der Waals surface area contributed by atoms with Crippen LogP contribution in [0.5, 0.6) is 0 Å². The van der Waals surface area contributed by atoms with E-state index in [-0.39, 0.29) is 30.1 Å². The minimum Gasteiger partial charge on any atom is -0.343 e. The lowest BCUT2D eigenvalue weighted by molar-refractivity contribution is -0.134. The van der Waals surface area contributed by atoms with E-state index in [1.165, 1.54) is 6.92 Å². The van der Waals surface area contributed by atoms with Gasteiger partial charge in [0.15, 0.2) is 5.82 Å². The van der Waals surface area contributed by atoms with Gasteiger partial charge in [0, 0.05) is 38.5 Å². The lowest BCUT2D eigenvalue weighted by Crippen LogP contribution is -2.45. The highest BCUT2D eigenvalue weighted by Gasteiger charge is 2.38. The van der Waals surface area contributed by atoms with E-state index >= 15 is 0 Å². The molecule has 1 aromatic heterocycles. The minimum absolute atomic E-state index is 0.0204. The van der Waals surface area contributed by atoms with Gasteiger partial charge in [-0.25, -0.2) is 0 Å². The maximum atomic E-state index is 12.9. The van der Waals surface area contributed by atoms with Crippen molar-refractivity contribution < 1.29 is 18.9 Å². The molecule has 2 fully saturated rings. The van der Waals surface area contributed by atoms with Crippen molar-refractivity contribution in [1.82, 2.24) is 20.4 Å². The number of anilines is 1. The average molecular weight is 482 g/mol. The maximum absolute atomic E-state index is 12.9. The van der Waals surface area contributed by atoms with Crippen molar-refractivity contribution >= 4 is 23.4 Å². The molecule has 1 saturated carbocycles. The molecule has 9 nitrogen and oxygen atoms in total. The number of para-hydroxylation sites is 1. The Morgan fingerprint density at radius 2 is 1.83 bits per heavy atom. The summed E-state index contributed by atoms with van der Waals surface area (Å²) in [5.41, 5.74) is 0.166. The third kappa shape index (κ3) is 6.46. The molecule has 3 amide bonds. The molecule has 188 valence electrons. The summed E-state index contributed by atoms with van der Waals surface area (Å²) in [5.74, 6) is 0.500. The second-order valence-corrected chi connectivity index (χ2v) is 9.72. The summed E-state index contributed by atoms with van der Waals surface area (Å²) >= 11 is 0. The number of benzene rings is 1. The lowest BCUT2D eigenvalue weighted by Gasteiger charge is -2.32. The van der Waals surface area contributed by atoms with Crippen molar-refractivity contribution in [3.8, 4) is 0 Å². The van der Waals surface area contributed by atoms with Crippen molar-refractivity contribution in [2.45, 2.75) is 76.7 Å². The number of hydrogen-bond donors (Lipinski definition) is 2. The van der Waals surface area contributed by atoms with Gasteiger partial charge in [0.1, 0.15) is 5.54 Å². The van der Waals surface area contributed by atoms with E-state index in [0.29, 0.717) is 31.2 Å². The van der Waals surface area contributed by atoms with Crippen LogP contribution in [0.15, 0.2) is 34.9 Å². The molecule has 1 unspecified atom stereocenters. The summed E-state index contributed by atoms with van der Waals surface area (Å²) in [6, 6.07) is 9.37.